The van der Waals surface area contributed by atoms with Crippen molar-refractivity contribution < 1.29 is 9.18 Å². The molecular formula is C23H24FN3O2S. The number of hydrogen-bond acceptors (Lipinski definition) is 4. The number of nitrogens with zero attached hydrogens (tertiary/aromatic N) is 1. The summed E-state index contributed by atoms with van der Waals surface area (Å²) in [5.41, 5.74) is 2.70. The molecule has 0 aliphatic rings. The van der Waals surface area contributed by atoms with Gasteiger partial charge in [0.1, 0.15) is 5.82 Å². The number of halogens is 1. The number of aryl methyl sites for hydroxylation is 1. The number of hydrogen-bond donors (Lipinski definition) is 2. The van der Waals surface area contributed by atoms with Crippen molar-refractivity contribution in [2.75, 3.05) is 6.54 Å². The molecule has 7 heteroatoms. The molecule has 1 amide bonds. The van der Waals surface area contributed by atoms with E-state index in [2.05, 4.69) is 22.2 Å². The number of carbonyl (C=O) groups excluding carboxylic acids is 1. The van der Waals surface area contributed by atoms with Gasteiger partial charge >= 0.3 is 0 Å². The molecule has 0 saturated carbocycles. The van der Waals surface area contributed by atoms with Crippen LogP contribution in [0.2, 0.25) is 0 Å². The van der Waals surface area contributed by atoms with Crippen molar-refractivity contribution >= 4 is 17.7 Å². The van der Waals surface area contributed by atoms with Crippen molar-refractivity contribution in [3.8, 4) is 0 Å². The van der Waals surface area contributed by atoms with E-state index in [1.165, 1.54) is 23.9 Å². The second-order valence-corrected chi connectivity index (χ2v) is 8.34. The molecule has 0 fully saturated rings. The van der Waals surface area contributed by atoms with Gasteiger partial charge in [-0.15, -0.1) is 0 Å². The fourth-order valence-corrected chi connectivity index (χ4v) is 4.00. The third-order valence-corrected chi connectivity index (χ3v) is 5.79. The van der Waals surface area contributed by atoms with Crippen LogP contribution in [-0.2, 0) is 17.6 Å². The second kappa shape index (κ2) is 10.2. The Bertz CT molecular complexity index is 1050. The first-order valence-corrected chi connectivity index (χ1v) is 10.6. The smallest absolute Gasteiger partial charge is 0.255 e. The van der Waals surface area contributed by atoms with Crippen LogP contribution >= 0.6 is 11.8 Å². The minimum atomic E-state index is -0.293. The van der Waals surface area contributed by atoms with Crippen molar-refractivity contribution in [1.29, 1.82) is 0 Å². The summed E-state index contributed by atoms with van der Waals surface area (Å²) in [7, 11) is 0. The van der Waals surface area contributed by atoms with Crippen LogP contribution in [0.25, 0.3) is 0 Å². The Balaban J connectivity index is 1.57. The molecule has 5 nitrogen and oxygen atoms in total. The zero-order valence-corrected chi connectivity index (χ0v) is 17.8. The second-order valence-electron chi connectivity index (χ2n) is 7.01. The van der Waals surface area contributed by atoms with E-state index in [-0.39, 0.29) is 29.0 Å². The first-order chi connectivity index (χ1) is 14.4. The van der Waals surface area contributed by atoms with E-state index >= 15 is 0 Å². The van der Waals surface area contributed by atoms with Crippen LogP contribution in [0.5, 0.6) is 0 Å². The van der Waals surface area contributed by atoms with E-state index < -0.39 is 0 Å². The maximum Gasteiger partial charge on any atom is 0.255 e. The minimum absolute atomic E-state index is 0.0310. The lowest BCUT2D eigenvalue weighted by atomic mass is 10.1. The maximum atomic E-state index is 12.9. The number of aromatic amines is 1. The van der Waals surface area contributed by atoms with E-state index in [1.807, 2.05) is 30.3 Å². The van der Waals surface area contributed by atoms with Crippen LogP contribution in [0.1, 0.15) is 34.6 Å². The van der Waals surface area contributed by atoms with Crippen LogP contribution in [-0.4, -0.2) is 22.4 Å². The molecule has 2 N–H and O–H groups in total. The van der Waals surface area contributed by atoms with Crippen molar-refractivity contribution in [3.05, 3.63) is 93.2 Å². The number of carbonyl (C=O) groups is 1. The van der Waals surface area contributed by atoms with Crippen molar-refractivity contribution in [2.24, 2.45) is 0 Å². The van der Waals surface area contributed by atoms with Gasteiger partial charge < -0.3 is 10.3 Å². The lowest BCUT2D eigenvalue weighted by molar-refractivity contribution is -0.120. The van der Waals surface area contributed by atoms with Gasteiger partial charge in [0.2, 0.25) is 5.91 Å². The van der Waals surface area contributed by atoms with Gasteiger partial charge in [-0.3, -0.25) is 9.59 Å². The van der Waals surface area contributed by atoms with Crippen molar-refractivity contribution in [1.82, 2.24) is 15.3 Å². The summed E-state index contributed by atoms with van der Waals surface area (Å²) in [6.45, 7) is 4.21. The van der Waals surface area contributed by atoms with Crippen molar-refractivity contribution in [3.63, 3.8) is 0 Å². The zero-order chi connectivity index (χ0) is 21.5. The van der Waals surface area contributed by atoms with Crippen LogP contribution in [0, 0.1) is 12.7 Å². The number of H-pyrrole nitrogens is 1. The molecule has 1 unspecified atom stereocenters. The quantitative estimate of drug-likeness (QED) is 0.423. The highest BCUT2D eigenvalue weighted by atomic mass is 32.2. The summed E-state index contributed by atoms with van der Waals surface area (Å²) < 4.78 is 12.9. The van der Waals surface area contributed by atoms with E-state index in [0.29, 0.717) is 29.4 Å². The predicted octanol–water partition coefficient (Wildman–Crippen LogP) is 3.97. The van der Waals surface area contributed by atoms with Gasteiger partial charge in [-0.1, -0.05) is 54.2 Å². The third-order valence-electron chi connectivity index (χ3n) is 4.74. The van der Waals surface area contributed by atoms with Gasteiger partial charge in [0.25, 0.3) is 5.56 Å². The summed E-state index contributed by atoms with van der Waals surface area (Å²) in [6.07, 6.45) is 0.559. The molecule has 1 aromatic heterocycles. The first-order valence-electron chi connectivity index (χ1n) is 9.75. The summed E-state index contributed by atoms with van der Waals surface area (Å²) >= 11 is 1.47. The molecule has 2 aromatic carbocycles. The first kappa shape index (κ1) is 21.8. The Morgan fingerprint density at radius 2 is 1.87 bits per heavy atom. The molecule has 1 heterocycles. The number of aromatic nitrogens is 2. The van der Waals surface area contributed by atoms with Crippen LogP contribution in [0.3, 0.4) is 0 Å². The van der Waals surface area contributed by atoms with Crippen LogP contribution in [0.4, 0.5) is 4.39 Å². The topological polar surface area (TPSA) is 74.8 Å². The largest absolute Gasteiger partial charge is 0.355 e. The van der Waals surface area contributed by atoms with Gasteiger partial charge in [-0.2, -0.15) is 0 Å². The minimum Gasteiger partial charge on any atom is -0.355 e. The summed E-state index contributed by atoms with van der Waals surface area (Å²) in [6, 6.07) is 16.1. The van der Waals surface area contributed by atoms with Crippen LogP contribution < -0.4 is 10.9 Å². The summed E-state index contributed by atoms with van der Waals surface area (Å²) in [5, 5.41) is 3.47. The average Bonchev–Trinajstić information content (AvgIpc) is 2.73. The molecule has 156 valence electrons. The van der Waals surface area contributed by atoms with E-state index in [9.17, 15) is 14.0 Å². The number of thioether (sulfide) groups is 1. The van der Waals surface area contributed by atoms with E-state index in [4.69, 9.17) is 0 Å². The number of amides is 1. The Morgan fingerprint density at radius 3 is 2.53 bits per heavy atom. The highest BCUT2D eigenvalue weighted by molar-refractivity contribution is 7.99. The lowest BCUT2D eigenvalue weighted by Gasteiger charge is -2.12. The third kappa shape index (κ3) is 6.03. The summed E-state index contributed by atoms with van der Waals surface area (Å²) in [4.78, 5) is 32.0. The van der Waals surface area contributed by atoms with Crippen molar-refractivity contribution in [2.45, 2.75) is 37.1 Å². The summed E-state index contributed by atoms with van der Waals surface area (Å²) in [5.74, 6) is -0.532. The Kier molecular flexibility index (Phi) is 7.41. The van der Waals surface area contributed by atoms with Crippen LogP contribution in [0.15, 0.2) is 64.5 Å². The molecule has 0 aliphatic carbocycles. The van der Waals surface area contributed by atoms with Gasteiger partial charge in [0, 0.05) is 23.1 Å². The number of nitrogens with one attached hydrogen (secondary N) is 2. The van der Waals surface area contributed by atoms with E-state index in [0.717, 1.165) is 11.1 Å². The zero-order valence-electron chi connectivity index (χ0n) is 16.9. The molecule has 1 atom stereocenters. The molecule has 3 aromatic rings. The fourth-order valence-electron chi connectivity index (χ4n) is 3.03. The average molecular weight is 426 g/mol. The van der Waals surface area contributed by atoms with Gasteiger partial charge in [0.15, 0.2) is 5.16 Å². The Labute approximate surface area is 179 Å². The van der Waals surface area contributed by atoms with Gasteiger partial charge in [-0.25, -0.2) is 9.37 Å². The van der Waals surface area contributed by atoms with Gasteiger partial charge in [-0.05, 0) is 43.5 Å². The Hall–Kier alpha value is -2.93. The SMILES string of the molecule is Cc1nc(SC(C)c2ccccc2)[nH]c(=O)c1CC(=O)NCCc1ccc(F)cc1. The molecule has 0 aliphatic heterocycles. The maximum absolute atomic E-state index is 12.9. The molecular weight excluding hydrogens is 401 g/mol. The van der Waals surface area contributed by atoms with Gasteiger partial charge in [0.05, 0.1) is 6.42 Å². The molecule has 3 rings (SSSR count). The molecule has 0 bridgehead atoms. The highest BCUT2D eigenvalue weighted by Crippen LogP contribution is 2.32. The number of benzene rings is 2. The molecule has 0 radical (unpaired) electrons. The molecule has 30 heavy (non-hydrogen) atoms. The normalized spacial score (nSPS) is 11.8. The number of rotatable bonds is 8. The Morgan fingerprint density at radius 1 is 1.17 bits per heavy atom. The van der Waals surface area contributed by atoms with E-state index in [1.54, 1.807) is 19.1 Å². The lowest BCUT2D eigenvalue weighted by Crippen LogP contribution is -2.30. The standard InChI is InChI=1S/C23H24FN3O2S/c1-15-20(14-21(28)25-13-12-17-8-10-19(24)11-9-17)22(29)27-23(26-15)30-16(2)18-6-4-3-5-7-18/h3-11,16H,12-14H2,1-2H3,(H,25,28)(H,26,27,29). The molecule has 0 saturated heterocycles. The molecule has 0 spiro atoms. The predicted molar refractivity (Wildman–Crippen MR) is 117 cm³/mol. The fraction of sp³-hybridized carbons (Fsp3) is 0.261. The highest BCUT2D eigenvalue weighted by Gasteiger charge is 2.15. The monoisotopic (exact) mass is 425 g/mol.